The first-order chi connectivity index (χ1) is 8.59. The van der Waals surface area contributed by atoms with E-state index in [1.165, 1.54) is 5.56 Å². The lowest BCUT2D eigenvalue weighted by atomic mass is 10.1. The Balaban J connectivity index is 1.87. The number of likely N-dealkylation sites (tertiary alicyclic amines) is 1. The van der Waals surface area contributed by atoms with Crippen LogP contribution in [0.3, 0.4) is 0 Å². The quantitative estimate of drug-likeness (QED) is 0.753. The Bertz CT molecular complexity index is 381. The van der Waals surface area contributed by atoms with Gasteiger partial charge in [-0.2, -0.15) is 0 Å². The van der Waals surface area contributed by atoms with Crippen LogP contribution in [-0.4, -0.2) is 30.2 Å². The third-order valence-corrected chi connectivity index (χ3v) is 4.77. The van der Waals surface area contributed by atoms with Gasteiger partial charge in [-0.25, -0.2) is 8.78 Å². The van der Waals surface area contributed by atoms with Crippen molar-refractivity contribution in [2.75, 3.05) is 19.3 Å². The van der Waals surface area contributed by atoms with E-state index >= 15 is 0 Å². The van der Waals surface area contributed by atoms with Crippen molar-refractivity contribution in [3.05, 3.63) is 35.4 Å². The summed E-state index contributed by atoms with van der Waals surface area (Å²) >= 11 is 0. The molecule has 1 nitrogen and oxygen atoms in total. The predicted octanol–water partition coefficient (Wildman–Crippen LogP) is 4.04. The van der Waals surface area contributed by atoms with Crippen LogP contribution in [0, 0.1) is 0 Å². The first-order valence-electron chi connectivity index (χ1n) is 5.93. The highest BCUT2D eigenvalue weighted by Gasteiger charge is 2.37. The minimum absolute atomic E-state index is 0.00452. The maximum Gasteiger partial charge on any atom is 0.261 e. The molecule has 0 amide bonds. The zero-order valence-corrected chi connectivity index (χ0v) is 12.0. The summed E-state index contributed by atoms with van der Waals surface area (Å²) < 4.78 is 26.1. The summed E-state index contributed by atoms with van der Waals surface area (Å²) in [6.45, 7) is 1.03. The summed E-state index contributed by atoms with van der Waals surface area (Å²) in [6.07, 6.45) is 2.06. The second-order valence-corrected chi connectivity index (χ2v) is 7.13. The first kappa shape index (κ1) is 14.2. The number of benzene rings is 1. The maximum absolute atomic E-state index is 13.1. The van der Waals surface area contributed by atoms with E-state index in [4.69, 9.17) is 0 Å². The maximum atomic E-state index is 13.1. The minimum Gasteiger partial charge on any atom is -0.293 e. The lowest BCUT2D eigenvalue weighted by molar-refractivity contribution is 0.0115. The Morgan fingerprint density at radius 2 is 1.89 bits per heavy atom. The molecule has 1 aromatic rings. The molecule has 0 aliphatic carbocycles. The summed E-state index contributed by atoms with van der Waals surface area (Å²) in [5.41, 5.74) is 2.40. The number of rotatable bonds is 5. The van der Waals surface area contributed by atoms with Crippen molar-refractivity contribution in [3.8, 4) is 0 Å². The number of nitrogens with zero attached hydrogens (tertiary/aromatic N) is 1. The highest BCUT2D eigenvalue weighted by molar-refractivity contribution is 8.76. The van der Waals surface area contributed by atoms with Gasteiger partial charge in [0.2, 0.25) is 0 Å². The van der Waals surface area contributed by atoms with E-state index in [1.54, 1.807) is 21.6 Å². The Morgan fingerprint density at radius 1 is 1.22 bits per heavy atom. The highest BCUT2D eigenvalue weighted by Crippen LogP contribution is 2.28. The molecule has 5 heteroatoms. The van der Waals surface area contributed by atoms with Gasteiger partial charge < -0.3 is 0 Å². The molecule has 100 valence electrons. The Labute approximate surface area is 115 Å². The van der Waals surface area contributed by atoms with Crippen LogP contribution in [0.15, 0.2) is 24.3 Å². The van der Waals surface area contributed by atoms with Gasteiger partial charge in [-0.15, -0.1) is 0 Å². The molecule has 0 spiro atoms. The summed E-state index contributed by atoms with van der Waals surface area (Å²) in [4.78, 5) is 1.83. The molecule has 0 atom stereocenters. The lowest BCUT2D eigenvalue weighted by Gasteiger charge is -2.15. The smallest absolute Gasteiger partial charge is 0.261 e. The fourth-order valence-corrected chi connectivity index (χ4v) is 3.28. The van der Waals surface area contributed by atoms with Crippen LogP contribution in [0.25, 0.3) is 0 Å². The summed E-state index contributed by atoms with van der Waals surface area (Å²) in [6, 6.07) is 8.28. The van der Waals surface area contributed by atoms with Crippen molar-refractivity contribution in [2.24, 2.45) is 0 Å². The van der Waals surface area contributed by atoms with Crippen LogP contribution in [0.5, 0.6) is 0 Å². The van der Waals surface area contributed by atoms with E-state index in [0.717, 1.165) is 11.3 Å². The van der Waals surface area contributed by atoms with Gasteiger partial charge in [0.1, 0.15) is 0 Å². The molecule has 18 heavy (non-hydrogen) atoms. The number of hydrogen-bond acceptors (Lipinski definition) is 3. The predicted molar refractivity (Wildman–Crippen MR) is 76.1 cm³/mol. The van der Waals surface area contributed by atoms with Crippen molar-refractivity contribution >= 4 is 21.6 Å². The van der Waals surface area contributed by atoms with E-state index in [-0.39, 0.29) is 13.0 Å². The minimum atomic E-state index is -2.49. The molecule has 1 aliphatic rings. The highest BCUT2D eigenvalue weighted by atomic mass is 33.1. The van der Waals surface area contributed by atoms with E-state index in [2.05, 4.69) is 18.4 Å². The SMILES string of the molecule is CSSCc1ccc(CN2CCC(F)(F)C2)cc1. The van der Waals surface area contributed by atoms with Crippen LogP contribution >= 0.6 is 21.6 Å². The monoisotopic (exact) mass is 289 g/mol. The van der Waals surface area contributed by atoms with Gasteiger partial charge in [0.25, 0.3) is 5.92 Å². The first-order valence-corrected chi connectivity index (χ1v) is 8.65. The van der Waals surface area contributed by atoms with Crippen molar-refractivity contribution in [1.29, 1.82) is 0 Å². The molecular formula is C13H17F2NS2. The molecule has 1 aliphatic heterocycles. The largest absolute Gasteiger partial charge is 0.293 e. The molecule has 0 bridgehead atoms. The summed E-state index contributed by atoms with van der Waals surface area (Å²) in [5.74, 6) is -1.50. The fraction of sp³-hybridized carbons (Fsp3) is 0.538. The molecule has 2 rings (SSSR count). The Kier molecular flexibility index (Phi) is 4.92. The van der Waals surface area contributed by atoms with Gasteiger partial charge in [0.05, 0.1) is 6.54 Å². The zero-order valence-electron chi connectivity index (χ0n) is 10.4. The molecule has 0 unspecified atom stereocenters. The second-order valence-electron chi connectivity index (χ2n) is 4.56. The Morgan fingerprint density at radius 3 is 2.44 bits per heavy atom. The standard InChI is InChI=1S/C13H17F2NS2/c1-17-18-9-12-4-2-11(3-5-12)8-16-7-6-13(14,15)10-16/h2-5H,6-10H2,1H3. The normalized spacial score (nSPS) is 19.3. The molecule has 0 radical (unpaired) electrons. The van der Waals surface area contributed by atoms with Gasteiger partial charge in [0, 0.05) is 25.3 Å². The lowest BCUT2D eigenvalue weighted by Crippen LogP contribution is -2.24. The van der Waals surface area contributed by atoms with E-state index in [1.807, 2.05) is 17.0 Å². The van der Waals surface area contributed by atoms with Crippen molar-refractivity contribution in [1.82, 2.24) is 4.90 Å². The third-order valence-electron chi connectivity index (χ3n) is 3.02. The van der Waals surface area contributed by atoms with Crippen molar-refractivity contribution in [3.63, 3.8) is 0 Å². The van der Waals surface area contributed by atoms with Gasteiger partial charge in [0.15, 0.2) is 0 Å². The molecule has 1 saturated heterocycles. The summed E-state index contributed by atoms with van der Waals surface area (Å²) in [5, 5.41) is 0. The fourth-order valence-electron chi connectivity index (χ4n) is 2.07. The van der Waals surface area contributed by atoms with Crippen LogP contribution in [0.1, 0.15) is 17.5 Å². The summed E-state index contributed by atoms with van der Waals surface area (Å²) in [7, 11) is 3.56. The molecule has 0 aromatic heterocycles. The van der Waals surface area contributed by atoms with Crippen LogP contribution in [0.2, 0.25) is 0 Å². The van der Waals surface area contributed by atoms with Gasteiger partial charge in [-0.3, -0.25) is 4.90 Å². The zero-order chi connectivity index (χ0) is 13.0. The second kappa shape index (κ2) is 6.26. The Hall–Kier alpha value is -0.260. The number of hydrogen-bond donors (Lipinski definition) is 0. The average molecular weight is 289 g/mol. The molecule has 1 aromatic carbocycles. The molecular weight excluding hydrogens is 272 g/mol. The van der Waals surface area contributed by atoms with Gasteiger partial charge in [-0.1, -0.05) is 45.9 Å². The number of halogens is 2. The van der Waals surface area contributed by atoms with Gasteiger partial charge in [-0.05, 0) is 17.4 Å². The average Bonchev–Trinajstić information content (AvgIpc) is 2.68. The van der Waals surface area contributed by atoms with E-state index in [9.17, 15) is 8.78 Å². The number of alkyl halides is 2. The van der Waals surface area contributed by atoms with E-state index in [0.29, 0.717) is 13.1 Å². The third kappa shape index (κ3) is 4.14. The van der Waals surface area contributed by atoms with Gasteiger partial charge >= 0.3 is 0 Å². The van der Waals surface area contributed by atoms with E-state index < -0.39 is 5.92 Å². The van der Waals surface area contributed by atoms with Crippen molar-refractivity contribution < 1.29 is 8.78 Å². The molecule has 1 fully saturated rings. The molecule has 0 N–H and O–H groups in total. The molecule has 1 heterocycles. The van der Waals surface area contributed by atoms with Crippen LogP contribution in [0.4, 0.5) is 8.78 Å². The molecule has 0 saturated carbocycles. The van der Waals surface area contributed by atoms with Crippen LogP contribution < -0.4 is 0 Å². The topological polar surface area (TPSA) is 3.24 Å². The van der Waals surface area contributed by atoms with Crippen LogP contribution in [-0.2, 0) is 12.3 Å². The van der Waals surface area contributed by atoms with Crippen molar-refractivity contribution in [2.45, 2.75) is 24.6 Å².